The zero-order chi connectivity index (χ0) is 13.0. The van der Waals surface area contributed by atoms with Crippen molar-refractivity contribution in [1.29, 1.82) is 0 Å². The molecule has 6 heteroatoms. The monoisotopic (exact) mass is 245 g/mol. The smallest absolute Gasteiger partial charge is 0.310 e. The van der Waals surface area contributed by atoms with Gasteiger partial charge in [-0.2, -0.15) is 0 Å². The third kappa shape index (κ3) is 2.54. The molecule has 18 heavy (non-hydrogen) atoms. The number of pyridine rings is 1. The molecule has 0 bridgehead atoms. The Kier molecular flexibility index (Phi) is 3.38. The number of benzene rings is 1. The molecule has 2 rings (SSSR count). The molecule has 0 radical (unpaired) electrons. The standard InChI is InChI=1S/C12H11N3O3/c13-12-9(4-3-7-14-12)8-18-11-6-2-1-5-10(11)15(16)17/h1-7H,8H2,(H2,13,14). The Morgan fingerprint density at radius 3 is 2.78 bits per heavy atom. The molecule has 0 amide bonds. The van der Waals surface area contributed by atoms with E-state index in [1.54, 1.807) is 36.5 Å². The minimum absolute atomic E-state index is 0.0695. The molecule has 0 fully saturated rings. The highest BCUT2D eigenvalue weighted by Crippen LogP contribution is 2.26. The second kappa shape index (κ2) is 5.13. The van der Waals surface area contributed by atoms with Gasteiger partial charge in [-0.3, -0.25) is 10.1 Å². The van der Waals surface area contributed by atoms with Crippen molar-refractivity contribution in [2.45, 2.75) is 6.61 Å². The van der Waals surface area contributed by atoms with Crippen molar-refractivity contribution in [3.8, 4) is 5.75 Å². The maximum atomic E-state index is 10.8. The summed E-state index contributed by atoms with van der Waals surface area (Å²) >= 11 is 0. The zero-order valence-electron chi connectivity index (χ0n) is 9.45. The van der Waals surface area contributed by atoms with Gasteiger partial charge in [-0.15, -0.1) is 0 Å². The molecule has 0 unspecified atom stereocenters. The van der Waals surface area contributed by atoms with Crippen molar-refractivity contribution < 1.29 is 9.66 Å². The van der Waals surface area contributed by atoms with Crippen molar-refractivity contribution in [1.82, 2.24) is 4.98 Å². The quantitative estimate of drug-likeness (QED) is 0.658. The molecule has 0 saturated carbocycles. The number of ether oxygens (including phenoxy) is 1. The topological polar surface area (TPSA) is 91.3 Å². The summed E-state index contributed by atoms with van der Waals surface area (Å²) in [4.78, 5) is 14.2. The van der Waals surface area contributed by atoms with Gasteiger partial charge in [-0.05, 0) is 12.1 Å². The highest BCUT2D eigenvalue weighted by atomic mass is 16.6. The number of nitrogens with zero attached hydrogens (tertiary/aromatic N) is 2. The predicted molar refractivity (Wildman–Crippen MR) is 66.1 cm³/mol. The molecule has 1 heterocycles. The van der Waals surface area contributed by atoms with Gasteiger partial charge >= 0.3 is 5.69 Å². The van der Waals surface area contributed by atoms with Crippen LogP contribution in [0.2, 0.25) is 0 Å². The molecule has 0 aliphatic carbocycles. The maximum Gasteiger partial charge on any atom is 0.310 e. The summed E-state index contributed by atoms with van der Waals surface area (Å²) in [7, 11) is 0. The third-order valence-corrected chi connectivity index (χ3v) is 2.37. The summed E-state index contributed by atoms with van der Waals surface area (Å²) in [5.41, 5.74) is 6.28. The molecule has 0 aliphatic rings. The number of nitro benzene ring substituents is 1. The van der Waals surface area contributed by atoms with Crippen LogP contribution in [-0.2, 0) is 6.61 Å². The molecule has 0 atom stereocenters. The largest absolute Gasteiger partial charge is 0.482 e. The lowest BCUT2D eigenvalue weighted by molar-refractivity contribution is -0.385. The van der Waals surface area contributed by atoms with Crippen LogP contribution in [-0.4, -0.2) is 9.91 Å². The van der Waals surface area contributed by atoms with Crippen LogP contribution in [0.5, 0.6) is 5.75 Å². The second-order valence-electron chi connectivity index (χ2n) is 3.56. The molecular weight excluding hydrogens is 234 g/mol. The van der Waals surface area contributed by atoms with Crippen LogP contribution in [0, 0.1) is 10.1 Å². The number of nitrogens with two attached hydrogens (primary N) is 1. The number of anilines is 1. The van der Waals surface area contributed by atoms with Crippen molar-refractivity contribution in [2.75, 3.05) is 5.73 Å². The van der Waals surface area contributed by atoms with E-state index in [4.69, 9.17) is 10.5 Å². The van der Waals surface area contributed by atoms with Crippen LogP contribution in [0.15, 0.2) is 42.6 Å². The minimum atomic E-state index is -0.484. The van der Waals surface area contributed by atoms with E-state index >= 15 is 0 Å². The number of rotatable bonds is 4. The van der Waals surface area contributed by atoms with E-state index in [-0.39, 0.29) is 18.0 Å². The van der Waals surface area contributed by atoms with Gasteiger partial charge < -0.3 is 10.5 Å². The summed E-state index contributed by atoms with van der Waals surface area (Å²) < 4.78 is 5.40. The Morgan fingerprint density at radius 2 is 2.06 bits per heavy atom. The highest BCUT2D eigenvalue weighted by molar-refractivity contribution is 5.46. The molecule has 6 nitrogen and oxygen atoms in total. The molecule has 2 N–H and O–H groups in total. The second-order valence-corrected chi connectivity index (χ2v) is 3.56. The van der Waals surface area contributed by atoms with Gasteiger partial charge in [-0.25, -0.2) is 4.98 Å². The SMILES string of the molecule is Nc1ncccc1COc1ccccc1[N+](=O)[O-]. The maximum absolute atomic E-state index is 10.8. The molecule has 1 aromatic carbocycles. The number of nitrogen functional groups attached to an aromatic ring is 1. The Balaban J connectivity index is 2.16. The first-order valence-electron chi connectivity index (χ1n) is 5.24. The Morgan fingerprint density at radius 1 is 1.28 bits per heavy atom. The lowest BCUT2D eigenvalue weighted by Gasteiger charge is -2.07. The summed E-state index contributed by atoms with van der Waals surface area (Å²) in [5, 5.41) is 10.8. The van der Waals surface area contributed by atoms with Gasteiger partial charge in [0.25, 0.3) is 0 Å². The molecule has 0 aliphatic heterocycles. The molecule has 1 aromatic heterocycles. The number of aromatic nitrogens is 1. The average Bonchev–Trinajstić information content (AvgIpc) is 2.38. The Labute approximate surface area is 103 Å². The van der Waals surface area contributed by atoms with E-state index in [9.17, 15) is 10.1 Å². The molecule has 92 valence electrons. The fraction of sp³-hybridized carbons (Fsp3) is 0.0833. The Hall–Kier alpha value is -2.63. The minimum Gasteiger partial charge on any atom is -0.482 e. The van der Waals surface area contributed by atoms with Crippen LogP contribution in [0.4, 0.5) is 11.5 Å². The predicted octanol–water partition coefficient (Wildman–Crippen LogP) is 2.15. The summed E-state index contributed by atoms with van der Waals surface area (Å²) in [6.45, 7) is 0.143. The van der Waals surface area contributed by atoms with E-state index in [1.807, 2.05) is 0 Å². The number of hydrogen-bond acceptors (Lipinski definition) is 5. The third-order valence-electron chi connectivity index (χ3n) is 2.37. The fourth-order valence-corrected chi connectivity index (χ4v) is 1.46. The van der Waals surface area contributed by atoms with Crippen molar-refractivity contribution in [3.63, 3.8) is 0 Å². The lowest BCUT2D eigenvalue weighted by atomic mass is 10.2. The van der Waals surface area contributed by atoms with Gasteiger partial charge in [0.2, 0.25) is 0 Å². The average molecular weight is 245 g/mol. The number of hydrogen-bond donors (Lipinski definition) is 1. The zero-order valence-corrected chi connectivity index (χ0v) is 9.45. The van der Waals surface area contributed by atoms with Gasteiger partial charge in [0.05, 0.1) is 4.92 Å². The summed E-state index contributed by atoms with van der Waals surface area (Å²) in [5.74, 6) is 0.571. The number of nitro groups is 1. The van der Waals surface area contributed by atoms with E-state index < -0.39 is 4.92 Å². The van der Waals surface area contributed by atoms with Gasteiger partial charge in [-0.1, -0.05) is 18.2 Å². The van der Waals surface area contributed by atoms with Crippen LogP contribution >= 0.6 is 0 Å². The summed E-state index contributed by atoms with van der Waals surface area (Å²) in [6, 6.07) is 9.69. The van der Waals surface area contributed by atoms with E-state index in [2.05, 4.69) is 4.98 Å². The molecule has 2 aromatic rings. The van der Waals surface area contributed by atoms with Crippen LogP contribution < -0.4 is 10.5 Å². The van der Waals surface area contributed by atoms with Crippen LogP contribution in [0.1, 0.15) is 5.56 Å². The first-order valence-corrected chi connectivity index (χ1v) is 5.24. The fourth-order valence-electron chi connectivity index (χ4n) is 1.46. The van der Waals surface area contributed by atoms with Crippen LogP contribution in [0.3, 0.4) is 0 Å². The number of para-hydroxylation sites is 2. The van der Waals surface area contributed by atoms with Crippen molar-refractivity contribution >= 4 is 11.5 Å². The van der Waals surface area contributed by atoms with Gasteiger partial charge in [0, 0.05) is 17.8 Å². The summed E-state index contributed by atoms with van der Waals surface area (Å²) in [6.07, 6.45) is 1.57. The first-order chi connectivity index (χ1) is 8.68. The van der Waals surface area contributed by atoms with Crippen molar-refractivity contribution in [2.24, 2.45) is 0 Å². The molecule has 0 saturated heterocycles. The van der Waals surface area contributed by atoms with Gasteiger partial charge in [0.15, 0.2) is 5.75 Å². The Bertz CT molecular complexity index is 572. The normalized spacial score (nSPS) is 10.0. The van der Waals surface area contributed by atoms with Gasteiger partial charge in [0.1, 0.15) is 12.4 Å². The van der Waals surface area contributed by atoms with Crippen molar-refractivity contribution in [3.05, 3.63) is 58.3 Å². The molecule has 0 spiro atoms. The molecular formula is C12H11N3O3. The van der Waals surface area contributed by atoms with E-state index in [0.717, 1.165) is 0 Å². The van der Waals surface area contributed by atoms with E-state index in [0.29, 0.717) is 11.4 Å². The van der Waals surface area contributed by atoms with Crippen LogP contribution in [0.25, 0.3) is 0 Å². The highest BCUT2D eigenvalue weighted by Gasteiger charge is 2.13. The van der Waals surface area contributed by atoms with E-state index in [1.165, 1.54) is 6.07 Å². The first kappa shape index (κ1) is 11.8. The lowest BCUT2D eigenvalue weighted by Crippen LogP contribution is -2.03.